The second kappa shape index (κ2) is 9.91. The van der Waals surface area contributed by atoms with Crippen LogP contribution in [0.4, 0.5) is 0 Å². The van der Waals surface area contributed by atoms with Gasteiger partial charge in [0.2, 0.25) is 0 Å². The highest BCUT2D eigenvalue weighted by atomic mass is 16.2. The summed E-state index contributed by atoms with van der Waals surface area (Å²) >= 11 is 0. The fraction of sp³-hybridized carbons (Fsp3) is 0.391. The zero-order valence-corrected chi connectivity index (χ0v) is 16.7. The molecule has 27 heavy (non-hydrogen) atoms. The highest BCUT2D eigenvalue weighted by Crippen LogP contribution is 2.15. The number of carbonyl (C=O) groups is 2. The Kier molecular flexibility index (Phi) is 7.59. The van der Waals surface area contributed by atoms with Crippen LogP contribution in [0.2, 0.25) is 0 Å². The van der Waals surface area contributed by atoms with Crippen molar-refractivity contribution >= 4 is 11.8 Å². The summed E-state index contributed by atoms with van der Waals surface area (Å²) in [7, 11) is 0. The molecule has 0 saturated carbocycles. The van der Waals surface area contributed by atoms with Gasteiger partial charge in [0.25, 0.3) is 11.8 Å². The molecule has 4 heteroatoms. The smallest absolute Gasteiger partial charge is 0.251 e. The summed E-state index contributed by atoms with van der Waals surface area (Å²) in [5.41, 5.74) is 3.76. The Balaban J connectivity index is 1.70. The van der Waals surface area contributed by atoms with E-state index in [0.29, 0.717) is 42.5 Å². The van der Waals surface area contributed by atoms with Crippen molar-refractivity contribution in [3.63, 3.8) is 0 Å². The highest BCUT2D eigenvalue weighted by Gasteiger charge is 2.08. The van der Waals surface area contributed by atoms with E-state index in [1.807, 2.05) is 48.5 Å². The minimum Gasteiger partial charge on any atom is -0.352 e. The predicted molar refractivity (Wildman–Crippen MR) is 110 cm³/mol. The quantitative estimate of drug-likeness (QED) is 0.677. The number of nitrogens with one attached hydrogen (secondary N) is 2. The first kappa shape index (κ1) is 20.7. The molecular formula is C23H30N2O2. The maximum atomic E-state index is 12.1. The lowest BCUT2D eigenvalue weighted by atomic mass is 10.0. The lowest BCUT2D eigenvalue weighted by Crippen LogP contribution is -2.29. The van der Waals surface area contributed by atoms with Crippen molar-refractivity contribution in [3.05, 3.63) is 70.8 Å². The van der Waals surface area contributed by atoms with Crippen LogP contribution in [0.5, 0.6) is 0 Å². The Bertz CT molecular complexity index is 681. The van der Waals surface area contributed by atoms with E-state index in [4.69, 9.17) is 0 Å². The van der Waals surface area contributed by atoms with Crippen molar-refractivity contribution in [1.82, 2.24) is 10.6 Å². The SMILES string of the molecule is CC(C)c1ccc(C(=O)NCCCNC(=O)c2ccc(C(C)C)cc2)cc1. The molecule has 2 aromatic carbocycles. The summed E-state index contributed by atoms with van der Waals surface area (Å²) in [5.74, 6) is 0.737. The maximum Gasteiger partial charge on any atom is 0.251 e. The predicted octanol–water partition coefficient (Wildman–Crippen LogP) is 4.48. The van der Waals surface area contributed by atoms with Gasteiger partial charge in [-0.15, -0.1) is 0 Å². The summed E-state index contributed by atoms with van der Waals surface area (Å²) in [4.78, 5) is 24.3. The van der Waals surface area contributed by atoms with Crippen molar-refractivity contribution in [1.29, 1.82) is 0 Å². The summed E-state index contributed by atoms with van der Waals surface area (Å²) in [6, 6.07) is 15.4. The number of hydrogen-bond donors (Lipinski definition) is 2. The molecule has 0 fully saturated rings. The van der Waals surface area contributed by atoms with Crippen LogP contribution in [0.1, 0.15) is 77.8 Å². The fourth-order valence-electron chi connectivity index (χ4n) is 2.74. The zero-order valence-electron chi connectivity index (χ0n) is 16.7. The summed E-state index contributed by atoms with van der Waals surface area (Å²) in [5, 5.41) is 5.78. The molecule has 0 aliphatic rings. The Morgan fingerprint density at radius 1 is 0.667 bits per heavy atom. The molecule has 144 valence electrons. The van der Waals surface area contributed by atoms with Gasteiger partial charge in [-0.3, -0.25) is 9.59 Å². The molecule has 0 unspecified atom stereocenters. The largest absolute Gasteiger partial charge is 0.352 e. The summed E-state index contributed by atoms with van der Waals surface area (Å²) in [6.07, 6.45) is 0.686. The van der Waals surface area contributed by atoms with Crippen LogP contribution in [-0.4, -0.2) is 24.9 Å². The zero-order chi connectivity index (χ0) is 19.8. The molecule has 2 amide bonds. The van der Waals surface area contributed by atoms with E-state index >= 15 is 0 Å². The Hall–Kier alpha value is -2.62. The van der Waals surface area contributed by atoms with Gasteiger partial charge in [-0.25, -0.2) is 0 Å². The first-order valence-corrected chi connectivity index (χ1v) is 9.64. The molecule has 2 rings (SSSR count). The van der Waals surface area contributed by atoms with Gasteiger partial charge >= 0.3 is 0 Å². The monoisotopic (exact) mass is 366 g/mol. The van der Waals surface area contributed by atoms with Crippen molar-refractivity contribution in [2.75, 3.05) is 13.1 Å². The normalized spacial score (nSPS) is 10.9. The van der Waals surface area contributed by atoms with Crippen LogP contribution in [0.3, 0.4) is 0 Å². The second-order valence-corrected chi connectivity index (χ2v) is 7.42. The average molecular weight is 367 g/mol. The Labute approximate surface area is 162 Å². The standard InChI is InChI=1S/C23H30N2O2/c1-16(2)18-6-10-20(11-7-18)22(26)24-14-5-15-25-23(27)21-12-8-19(9-13-21)17(3)4/h6-13,16-17H,5,14-15H2,1-4H3,(H,24,26)(H,25,27). The second-order valence-electron chi connectivity index (χ2n) is 7.42. The molecule has 0 atom stereocenters. The van der Waals surface area contributed by atoms with Gasteiger partial charge in [0.1, 0.15) is 0 Å². The highest BCUT2D eigenvalue weighted by molar-refractivity contribution is 5.94. The van der Waals surface area contributed by atoms with Gasteiger partial charge in [0.05, 0.1) is 0 Å². The molecule has 2 N–H and O–H groups in total. The molecule has 0 aromatic heterocycles. The van der Waals surface area contributed by atoms with Crippen LogP contribution in [0.15, 0.2) is 48.5 Å². The number of benzene rings is 2. The molecule has 0 aliphatic carbocycles. The molecular weight excluding hydrogens is 336 g/mol. The van der Waals surface area contributed by atoms with Crippen LogP contribution < -0.4 is 10.6 Å². The van der Waals surface area contributed by atoms with E-state index in [2.05, 4.69) is 38.3 Å². The lowest BCUT2D eigenvalue weighted by Gasteiger charge is -2.09. The van der Waals surface area contributed by atoms with Crippen LogP contribution in [-0.2, 0) is 0 Å². The van der Waals surface area contributed by atoms with Gasteiger partial charge in [-0.2, -0.15) is 0 Å². The minimum absolute atomic E-state index is 0.0825. The van der Waals surface area contributed by atoms with Gasteiger partial charge in [0.15, 0.2) is 0 Å². The minimum atomic E-state index is -0.0825. The maximum absolute atomic E-state index is 12.1. The third kappa shape index (κ3) is 6.24. The van der Waals surface area contributed by atoms with Crippen molar-refractivity contribution in [3.8, 4) is 0 Å². The number of hydrogen-bond acceptors (Lipinski definition) is 2. The lowest BCUT2D eigenvalue weighted by molar-refractivity contribution is 0.0951. The van der Waals surface area contributed by atoms with Crippen LogP contribution >= 0.6 is 0 Å². The van der Waals surface area contributed by atoms with E-state index in [9.17, 15) is 9.59 Å². The third-order valence-corrected chi connectivity index (χ3v) is 4.60. The molecule has 0 aliphatic heterocycles. The molecule has 0 saturated heterocycles. The third-order valence-electron chi connectivity index (χ3n) is 4.60. The first-order chi connectivity index (χ1) is 12.9. The summed E-state index contributed by atoms with van der Waals surface area (Å²) < 4.78 is 0. The Morgan fingerprint density at radius 3 is 1.30 bits per heavy atom. The average Bonchev–Trinajstić information content (AvgIpc) is 2.67. The number of carbonyl (C=O) groups excluding carboxylic acids is 2. The molecule has 4 nitrogen and oxygen atoms in total. The van der Waals surface area contributed by atoms with Crippen molar-refractivity contribution < 1.29 is 9.59 Å². The molecule has 2 aromatic rings. The van der Waals surface area contributed by atoms with E-state index in [1.165, 1.54) is 11.1 Å². The van der Waals surface area contributed by atoms with E-state index < -0.39 is 0 Å². The van der Waals surface area contributed by atoms with E-state index in [1.54, 1.807) is 0 Å². The number of rotatable bonds is 8. The molecule has 0 radical (unpaired) electrons. The van der Waals surface area contributed by atoms with E-state index in [-0.39, 0.29) is 11.8 Å². The molecule has 0 heterocycles. The fourth-order valence-corrected chi connectivity index (χ4v) is 2.74. The van der Waals surface area contributed by atoms with E-state index in [0.717, 1.165) is 0 Å². The van der Waals surface area contributed by atoms with Crippen LogP contribution in [0.25, 0.3) is 0 Å². The van der Waals surface area contributed by atoms with Crippen molar-refractivity contribution in [2.45, 2.75) is 46.0 Å². The summed E-state index contributed by atoms with van der Waals surface area (Å²) in [6.45, 7) is 9.56. The topological polar surface area (TPSA) is 58.2 Å². The van der Waals surface area contributed by atoms with Gasteiger partial charge in [-0.1, -0.05) is 52.0 Å². The molecule has 0 spiro atoms. The van der Waals surface area contributed by atoms with Gasteiger partial charge < -0.3 is 10.6 Å². The van der Waals surface area contributed by atoms with Crippen LogP contribution in [0, 0.1) is 0 Å². The van der Waals surface area contributed by atoms with Crippen molar-refractivity contribution in [2.24, 2.45) is 0 Å². The van der Waals surface area contributed by atoms with Gasteiger partial charge in [-0.05, 0) is 53.6 Å². The van der Waals surface area contributed by atoms with Gasteiger partial charge in [0, 0.05) is 24.2 Å². The first-order valence-electron chi connectivity index (χ1n) is 9.64. The number of amides is 2. The molecule has 0 bridgehead atoms. The Morgan fingerprint density at radius 2 is 1.00 bits per heavy atom.